The molecule has 2 rings (SSSR count). The zero-order valence-electron chi connectivity index (χ0n) is 11.1. The second kappa shape index (κ2) is 6.28. The average Bonchev–Trinajstić information content (AvgIpc) is 2.42. The molecule has 1 aromatic carbocycles. The zero-order valence-corrected chi connectivity index (χ0v) is 11.9. The maximum Gasteiger partial charge on any atom is 0.340 e. The van der Waals surface area contributed by atoms with Crippen LogP contribution >= 0.6 is 11.8 Å². The van der Waals surface area contributed by atoms with E-state index >= 15 is 0 Å². The monoisotopic (exact) mass is 283 g/mol. The molecule has 1 fully saturated rings. The van der Waals surface area contributed by atoms with Crippen molar-refractivity contribution >= 4 is 23.4 Å². The van der Waals surface area contributed by atoms with Crippen LogP contribution in [0.15, 0.2) is 18.2 Å². The lowest BCUT2D eigenvalue weighted by atomic mass is 10.1. The number of thioether (sulfide) groups is 1. The van der Waals surface area contributed by atoms with E-state index in [9.17, 15) is 9.18 Å². The van der Waals surface area contributed by atoms with Crippen LogP contribution in [0.5, 0.6) is 0 Å². The molecule has 0 radical (unpaired) electrons. The van der Waals surface area contributed by atoms with Crippen molar-refractivity contribution in [2.75, 3.05) is 18.2 Å². The summed E-state index contributed by atoms with van der Waals surface area (Å²) in [5.74, 6) is -0.00779. The first-order valence-corrected chi connectivity index (χ1v) is 7.42. The molecule has 0 spiro atoms. The molecule has 2 atom stereocenters. The van der Waals surface area contributed by atoms with Crippen molar-refractivity contribution in [1.82, 2.24) is 0 Å². The van der Waals surface area contributed by atoms with E-state index in [2.05, 4.69) is 17.0 Å². The fourth-order valence-corrected chi connectivity index (χ4v) is 3.35. The molecule has 0 saturated carbocycles. The number of rotatable bonds is 3. The largest absolute Gasteiger partial charge is 0.465 e. The van der Waals surface area contributed by atoms with E-state index in [1.54, 1.807) is 6.07 Å². The number of ether oxygens (including phenoxy) is 1. The van der Waals surface area contributed by atoms with Gasteiger partial charge in [0.25, 0.3) is 0 Å². The van der Waals surface area contributed by atoms with Gasteiger partial charge in [0.1, 0.15) is 5.82 Å². The number of benzene rings is 1. The van der Waals surface area contributed by atoms with Gasteiger partial charge in [-0.25, -0.2) is 9.18 Å². The average molecular weight is 283 g/mol. The van der Waals surface area contributed by atoms with Crippen molar-refractivity contribution in [3.63, 3.8) is 0 Å². The number of nitrogens with one attached hydrogen (secondary N) is 1. The molecule has 1 heterocycles. The van der Waals surface area contributed by atoms with E-state index in [0.29, 0.717) is 11.3 Å². The van der Waals surface area contributed by atoms with Crippen LogP contribution in [0.25, 0.3) is 0 Å². The first kappa shape index (κ1) is 14.2. The predicted octanol–water partition coefficient (Wildman–Crippen LogP) is 3.31. The van der Waals surface area contributed by atoms with Crippen molar-refractivity contribution in [1.29, 1.82) is 0 Å². The summed E-state index contributed by atoms with van der Waals surface area (Å²) in [4.78, 5) is 11.4. The Morgan fingerprint density at radius 1 is 1.53 bits per heavy atom. The number of halogens is 1. The Hall–Kier alpha value is -1.23. The normalized spacial score (nSPS) is 22.9. The molecule has 104 valence electrons. The van der Waals surface area contributed by atoms with E-state index in [1.165, 1.54) is 31.4 Å². The van der Waals surface area contributed by atoms with Crippen LogP contribution in [0.1, 0.15) is 30.1 Å². The zero-order chi connectivity index (χ0) is 13.8. The van der Waals surface area contributed by atoms with Gasteiger partial charge in [-0.2, -0.15) is 11.8 Å². The van der Waals surface area contributed by atoms with Crippen LogP contribution in [-0.2, 0) is 4.74 Å². The minimum Gasteiger partial charge on any atom is -0.465 e. The molecule has 2 unspecified atom stereocenters. The number of carbonyl (C=O) groups excluding carboxylic acids is 1. The van der Waals surface area contributed by atoms with Gasteiger partial charge in [-0.1, -0.05) is 6.92 Å². The molecule has 5 heteroatoms. The number of hydrogen-bond donors (Lipinski definition) is 1. The smallest absolute Gasteiger partial charge is 0.340 e. The Morgan fingerprint density at radius 3 is 3.00 bits per heavy atom. The van der Waals surface area contributed by atoms with Crippen LogP contribution in [0.3, 0.4) is 0 Å². The molecule has 0 aliphatic carbocycles. The lowest BCUT2D eigenvalue weighted by molar-refractivity contribution is 0.0595. The fourth-order valence-electron chi connectivity index (χ4n) is 2.21. The van der Waals surface area contributed by atoms with E-state index in [4.69, 9.17) is 0 Å². The first-order chi connectivity index (χ1) is 9.11. The summed E-state index contributed by atoms with van der Waals surface area (Å²) in [6.45, 7) is 2.19. The summed E-state index contributed by atoms with van der Waals surface area (Å²) in [7, 11) is 1.25. The van der Waals surface area contributed by atoms with Crippen molar-refractivity contribution in [2.24, 2.45) is 0 Å². The summed E-state index contributed by atoms with van der Waals surface area (Å²) in [6.07, 6.45) is 2.27. The molecule has 1 aromatic rings. The highest BCUT2D eigenvalue weighted by molar-refractivity contribution is 8.00. The molecular formula is C14H18FNO2S. The molecule has 0 amide bonds. The third-order valence-corrected chi connectivity index (χ3v) is 4.71. The molecule has 19 heavy (non-hydrogen) atoms. The van der Waals surface area contributed by atoms with Gasteiger partial charge in [0.2, 0.25) is 0 Å². The van der Waals surface area contributed by atoms with E-state index in [-0.39, 0.29) is 5.56 Å². The van der Waals surface area contributed by atoms with Crippen molar-refractivity contribution in [3.05, 3.63) is 29.6 Å². The Labute approximate surface area is 116 Å². The minimum atomic E-state index is -0.646. The molecule has 1 aliphatic heterocycles. The second-order valence-corrected chi connectivity index (χ2v) is 6.14. The summed E-state index contributed by atoms with van der Waals surface area (Å²) >= 11 is 1.94. The minimum absolute atomic E-state index is 0.0244. The van der Waals surface area contributed by atoms with Crippen LogP contribution in [-0.4, -0.2) is 30.1 Å². The van der Waals surface area contributed by atoms with Crippen LogP contribution in [0.4, 0.5) is 10.1 Å². The van der Waals surface area contributed by atoms with Crippen molar-refractivity contribution in [2.45, 2.75) is 31.1 Å². The summed E-state index contributed by atoms with van der Waals surface area (Å²) in [5, 5.41) is 3.90. The van der Waals surface area contributed by atoms with Gasteiger partial charge in [0.05, 0.1) is 12.7 Å². The topological polar surface area (TPSA) is 38.3 Å². The molecule has 1 saturated heterocycles. The lowest BCUT2D eigenvalue weighted by Crippen LogP contribution is -2.32. The highest BCUT2D eigenvalue weighted by atomic mass is 32.2. The Bertz CT molecular complexity index is 467. The molecular weight excluding hydrogens is 265 g/mol. The number of esters is 1. The van der Waals surface area contributed by atoms with Gasteiger partial charge >= 0.3 is 5.97 Å². The molecule has 3 nitrogen and oxygen atoms in total. The quantitative estimate of drug-likeness (QED) is 0.864. The maximum atomic E-state index is 13.5. The van der Waals surface area contributed by atoms with Gasteiger partial charge in [-0.15, -0.1) is 0 Å². The standard InChI is InChI=1S/C14H18FNO2S/c1-9-13(4-3-7-19-9)16-10-5-6-12(15)11(8-10)14(17)18-2/h5-6,8-9,13,16H,3-4,7H2,1-2H3. The molecule has 1 aliphatic rings. The highest BCUT2D eigenvalue weighted by Crippen LogP contribution is 2.28. The van der Waals surface area contributed by atoms with Gasteiger partial charge < -0.3 is 10.1 Å². The fraction of sp³-hybridized carbons (Fsp3) is 0.500. The SMILES string of the molecule is COC(=O)c1cc(NC2CCCSC2C)ccc1F. The molecule has 0 bridgehead atoms. The Balaban J connectivity index is 2.14. The summed E-state index contributed by atoms with van der Waals surface area (Å²) < 4.78 is 18.1. The van der Waals surface area contributed by atoms with E-state index < -0.39 is 11.8 Å². The van der Waals surface area contributed by atoms with Crippen LogP contribution in [0.2, 0.25) is 0 Å². The van der Waals surface area contributed by atoms with Crippen LogP contribution < -0.4 is 5.32 Å². The van der Waals surface area contributed by atoms with Gasteiger partial charge in [-0.05, 0) is 36.8 Å². The predicted molar refractivity (Wildman–Crippen MR) is 76.3 cm³/mol. The number of methoxy groups -OCH3 is 1. The Kier molecular flexibility index (Phi) is 4.69. The second-order valence-electron chi connectivity index (χ2n) is 4.66. The Morgan fingerprint density at radius 2 is 2.32 bits per heavy atom. The first-order valence-electron chi connectivity index (χ1n) is 6.38. The summed E-state index contributed by atoms with van der Waals surface area (Å²) in [5.41, 5.74) is 0.741. The van der Waals surface area contributed by atoms with Gasteiger partial charge in [0, 0.05) is 17.0 Å². The maximum absolute atomic E-state index is 13.5. The van der Waals surface area contributed by atoms with Crippen LogP contribution in [0, 0.1) is 5.82 Å². The number of carbonyl (C=O) groups is 1. The molecule has 0 aromatic heterocycles. The summed E-state index contributed by atoms with van der Waals surface area (Å²) in [6, 6.07) is 4.84. The number of hydrogen-bond acceptors (Lipinski definition) is 4. The third kappa shape index (κ3) is 3.41. The van der Waals surface area contributed by atoms with Gasteiger partial charge in [0.15, 0.2) is 0 Å². The van der Waals surface area contributed by atoms with E-state index in [1.807, 2.05) is 11.8 Å². The van der Waals surface area contributed by atoms with Gasteiger partial charge in [-0.3, -0.25) is 0 Å². The van der Waals surface area contributed by atoms with E-state index in [0.717, 1.165) is 12.1 Å². The van der Waals surface area contributed by atoms with Crippen molar-refractivity contribution < 1.29 is 13.9 Å². The third-order valence-electron chi connectivity index (χ3n) is 3.33. The molecule has 1 N–H and O–H groups in total. The highest BCUT2D eigenvalue weighted by Gasteiger charge is 2.22. The number of anilines is 1. The lowest BCUT2D eigenvalue weighted by Gasteiger charge is -2.30. The van der Waals surface area contributed by atoms with Crippen molar-refractivity contribution in [3.8, 4) is 0 Å².